The van der Waals surface area contributed by atoms with Gasteiger partial charge in [0, 0.05) is 26.2 Å². The Labute approximate surface area is 158 Å². The van der Waals surface area contributed by atoms with Gasteiger partial charge in [-0.05, 0) is 30.9 Å². The molecule has 0 radical (unpaired) electrons. The van der Waals surface area contributed by atoms with Crippen molar-refractivity contribution >= 4 is 23.6 Å². The number of amides is 3. The summed E-state index contributed by atoms with van der Waals surface area (Å²) >= 11 is 0. The minimum Gasteiger partial charge on any atom is -0.482 e. The van der Waals surface area contributed by atoms with E-state index >= 15 is 0 Å². The van der Waals surface area contributed by atoms with Gasteiger partial charge >= 0.3 is 12.0 Å². The summed E-state index contributed by atoms with van der Waals surface area (Å²) in [6.07, 6.45) is 1.19. The van der Waals surface area contributed by atoms with Crippen LogP contribution in [0.3, 0.4) is 0 Å². The van der Waals surface area contributed by atoms with Gasteiger partial charge in [0.1, 0.15) is 5.75 Å². The molecule has 1 saturated heterocycles. The Bertz CT molecular complexity index is 723. The molecule has 3 rings (SSSR count). The van der Waals surface area contributed by atoms with Crippen molar-refractivity contribution in [1.82, 2.24) is 10.2 Å². The van der Waals surface area contributed by atoms with Crippen LogP contribution in [-0.4, -0.2) is 60.7 Å². The number of carboxylic acid groups (broad SMARTS) is 1. The molecule has 27 heavy (non-hydrogen) atoms. The third-order valence-corrected chi connectivity index (χ3v) is 4.94. The number of piperidine rings is 1. The van der Waals surface area contributed by atoms with Gasteiger partial charge in [-0.1, -0.05) is 19.1 Å². The SMILES string of the molecule is CC1CC(C(=O)O)CN(C(=O)NCCCN2C(=O)COc3ccccc32)C1. The van der Waals surface area contributed by atoms with Crippen LogP contribution in [0.4, 0.5) is 10.5 Å². The molecule has 0 bridgehead atoms. The highest BCUT2D eigenvalue weighted by atomic mass is 16.5. The van der Waals surface area contributed by atoms with E-state index in [0.29, 0.717) is 38.2 Å². The fraction of sp³-hybridized carbons (Fsp3) is 0.526. The molecule has 0 spiro atoms. The number of likely N-dealkylation sites (tertiary alicyclic amines) is 1. The molecule has 2 aliphatic rings. The lowest BCUT2D eigenvalue weighted by molar-refractivity contribution is -0.143. The molecule has 1 aromatic rings. The number of hydrogen-bond acceptors (Lipinski definition) is 4. The highest BCUT2D eigenvalue weighted by molar-refractivity contribution is 5.97. The maximum atomic E-state index is 12.3. The molecule has 1 fully saturated rings. The Kier molecular flexibility index (Phi) is 5.83. The Morgan fingerprint density at radius 2 is 2.07 bits per heavy atom. The van der Waals surface area contributed by atoms with Gasteiger partial charge in [0.15, 0.2) is 6.61 Å². The molecule has 2 heterocycles. The predicted octanol–water partition coefficient (Wildman–Crippen LogP) is 1.55. The van der Waals surface area contributed by atoms with Crippen molar-refractivity contribution in [2.24, 2.45) is 11.8 Å². The lowest BCUT2D eigenvalue weighted by Gasteiger charge is -2.34. The zero-order valence-electron chi connectivity index (χ0n) is 15.4. The summed E-state index contributed by atoms with van der Waals surface area (Å²) in [5, 5.41) is 12.0. The molecule has 2 unspecified atom stereocenters. The van der Waals surface area contributed by atoms with Gasteiger partial charge in [0.05, 0.1) is 11.6 Å². The third kappa shape index (κ3) is 4.50. The van der Waals surface area contributed by atoms with E-state index < -0.39 is 11.9 Å². The highest BCUT2D eigenvalue weighted by Crippen LogP contribution is 2.31. The van der Waals surface area contributed by atoms with Crippen LogP contribution in [0, 0.1) is 11.8 Å². The van der Waals surface area contributed by atoms with Gasteiger partial charge in [-0.15, -0.1) is 0 Å². The topological polar surface area (TPSA) is 99.2 Å². The fourth-order valence-electron chi connectivity index (χ4n) is 3.64. The van der Waals surface area contributed by atoms with Gasteiger partial charge in [0.25, 0.3) is 5.91 Å². The summed E-state index contributed by atoms with van der Waals surface area (Å²) in [4.78, 5) is 38.9. The molecule has 2 aliphatic heterocycles. The number of aliphatic carboxylic acids is 1. The molecule has 2 atom stereocenters. The number of fused-ring (bicyclic) bond motifs is 1. The number of para-hydroxylation sites is 2. The largest absolute Gasteiger partial charge is 0.482 e. The van der Waals surface area contributed by atoms with Gasteiger partial charge in [-0.2, -0.15) is 0 Å². The third-order valence-electron chi connectivity index (χ3n) is 4.94. The van der Waals surface area contributed by atoms with E-state index in [1.807, 2.05) is 31.2 Å². The molecule has 2 N–H and O–H groups in total. The summed E-state index contributed by atoms with van der Waals surface area (Å²) in [5.74, 6) is -0.628. The van der Waals surface area contributed by atoms with Crippen LogP contribution in [0.5, 0.6) is 5.75 Å². The molecule has 8 nitrogen and oxygen atoms in total. The van der Waals surface area contributed by atoms with Crippen molar-refractivity contribution in [3.05, 3.63) is 24.3 Å². The van der Waals surface area contributed by atoms with Crippen molar-refractivity contribution in [2.75, 3.05) is 37.7 Å². The zero-order valence-corrected chi connectivity index (χ0v) is 15.4. The number of nitrogens with zero attached hydrogens (tertiary/aromatic N) is 2. The molecular weight excluding hydrogens is 350 g/mol. The molecule has 3 amide bonds. The van der Waals surface area contributed by atoms with Crippen molar-refractivity contribution in [3.63, 3.8) is 0 Å². The Balaban J connectivity index is 1.48. The summed E-state index contributed by atoms with van der Waals surface area (Å²) in [6.45, 7) is 3.66. The maximum absolute atomic E-state index is 12.3. The van der Waals surface area contributed by atoms with E-state index in [0.717, 1.165) is 5.69 Å². The van der Waals surface area contributed by atoms with E-state index in [2.05, 4.69) is 5.32 Å². The minimum absolute atomic E-state index is 0.0195. The van der Waals surface area contributed by atoms with Crippen LogP contribution >= 0.6 is 0 Å². The smallest absolute Gasteiger partial charge is 0.317 e. The van der Waals surface area contributed by atoms with Crippen LogP contribution in [0.15, 0.2) is 24.3 Å². The van der Waals surface area contributed by atoms with Gasteiger partial charge in [0.2, 0.25) is 0 Å². The van der Waals surface area contributed by atoms with Gasteiger partial charge in [-0.3, -0.25) is 9.59 Å². The first kappa shape index (κ1) is 19.0. The standard InChI is InChI=1S/C19H25N3O5/c1-13-9-14(18(24)25)11-21(10-13)19(26)20-7-4-8-22-15-5-2-3-6-16(15)27-12-17(22)23/h2-3,5-6,13-14H,4,7-12H2,1H3,(H,20,26)(H,24,25). The number of anilines is 1. The second kappa shape index (κ2) is 8.28. The monoisotopic (exact) mass is 375 g/mol. The predicted molar refractivity (Wildman–Crippen MR) is 98.8 cm³/mol. The molecule has 8 heteroatoms. The average molecular weight is 375 g/mol. The average Bonchev–Trinajstić information content (AvgIpc) is 2.65. The first-order valence-electron chi connectivity index (χ1n) is 9.23. The lowest BCUT2D eigenvalue weighted by Crippen LogP contribution is -2.50. The molecule has 0 aliphatic carbocycles. The molecular formula is C19H25N3O5. The van der Waals surface area contributed by atoms with E-state index in [-0.39, 0.29) is 31.0 Å². The summed E-state index contributed by atoms with van der Waals surface area (Å²) in [7, 11) is 0. The van der Waals surface area contributed by atoms with Crippen LogP contribution < -0.4 is 15.0 Å². The fourth-order valence-corrected chi connectivity index (χ4v) is 3.64. The first-order chi connectivity index (χ1) is 13.0. The number of rotatable bonds is 5. The van der Waals surface area contributed by atoms with Crippen molar-refractivity contribution in [2.45, 2.75) is 19.8 Å². The molecule has 0 saturated carbocycles. The van der Waals surface area contributed by atoms with Crippen LogP contribution in [0.2, 0.25) is 0 Å². The number of benzene rings is 1. The van der Waals surface area contributed by atoms with Crippen LogP contribution in [0.25, 0.3) is 0 Å². The van der Waals surface area contributed by atoms with E-state index in [4.69, 9.17) is 4.74 Å². The number of urea groups is 1. The Morgan fingerprint density at radius 3 is 2.85 bits per heavy atom. The van der Waals surface area contributed by atoms with Crippen LogP contribution in [-0.2, 0) is 9.59 Å². The molecule has 0 aromatic heterocycles. The van der Waals surface area contributed by atoms with Crippen LogP contribution in [0.1, 0.15) is 19.8 Å². The number of ether oxygens (including phenoxy) is 1. The number of carbonyl (C=O) groups is 3. The summed E-state index contributed by atoms with van der Waals surface area (Å²) < 4.78 is 5.41. The number of carbonyl (C=O) groups excluding carboxylic acids is 2. The Hall–Kier alpha value is -2.77. The molecule has 146 valence electrons. The molecule has 1 aromatic carbocycles. The van der Waals surface area contributed by atoms with E-state index in [1.165, 1.54) is 0 Å². The van der Waals surface area contributed by atoms with Gasteiger partial charge < -0.3 is 25.0 Å². The van der Waals surface area contributed by atoms with E-state index in [9.17, 15) is 19.5 Å². The quantitative estimate of drug-likeness (QED) is 0.761. The normalized spacial score (nSPS) is 22.0. The number of hydrogen-bond donors (Lipinski definition) is 2. The van der Waals surface area contributed by atoms with Crippen molar-refractivity contribution < 1.29 is 24.2 Å². The second-order valence-electron chi connectivity index (χ2n) is 7.17. The van der Waals surface area contributed by atoms with E-state index in [1.54, 1.807) is 9.80 Å². The summed E-state index contributed by atoms with van der Waals surface area (Å²) in [6, 6.07) is 7.13. The second-order valence-corrected chi connectivity index (χ2v) is 7.17. The first-order valence-corrected chi connectivity index (χ1v) is 9.23. The number of nitrogens with one attached hydrogen (secondary N) is 1. The van der Waals surface area contributed by atoms with Crippen molar-refractivity contribution in [1.29, 1.82) is 0 Å². The maximum Gasteiger partial charge on any atom is 0.317 e. The highest BCUT2D eigenvalue weighted by Gasteiger charge is 2.31. The Morgan fingerprint density at radius 1 is 1.30 bits per heavy atom. The minimum atomic E-state index is -0.858. The lowest BCUT2D eigenvalue weighted by atomic mass is 9.91. The van der Waals surface area contributed by atoms with Crippen molar-refractivity contribution in [3.8, 4) is 5.75 Å². The van der Waals surface area contributed by atoms with Gasteiger partial charge in [-0.25, -0.2) is 4.79 Å². The summed E-state index contributed by atoms with van der Waals surface area (Å²) in [5.41, 5.74) is 0.745. The number of carboxylic acids is 1. The zero-order chi connectivity index (χ0) is 19.4.